The molecule has 2 aliphatic rings. The quantitative estimate of drug-likeness (QED) is 0.588. The molecule has 1 aliphatic carbocycles. The Bertz CT molecular complexity index is 177. The minimum absolute atomic E-state index is 0.0405. The van der Waals surface area contributed by atoms with Crippen LogP contribution in [0.1, 0.15) is 19.8 Å². The van der Waals surface area contributed by atoms with Gasteiger partial charge < -0.3 is 14.6 Å². The first-order valence-corrected chi connectivity index (χ1v) is 4.54. The van der Waals surface area contributed by atoms with Gasteiger partial charge in [0.1, 0.15) is 0 Å². The Labute approximate surface area is 72.7 Å². The van der Waals surface area contributed by atoms with Crippen LogP contribution >= 0.6 is 0 Å². The van der Waals surface area contributed by atoms with Crippen LogP contribution in [0, 0.1) is 5.92 Å². The molecule has 1 saturated carbocycles. The lowest BCUT2D eigenvalue weighted by Crippen LogP contribution is -2.46. The van der Waals surface area contributed by atoms with E-state index in [1.54, 1.807) is 7.11 Å². The summed E-state index contributed by atoms with van der Waals surface area (Å²) in [5.74, 6) is 0.325. The maximum absolute atomic E-state index is 9.62. The molecule has 0 radical (unpaired) electrons. The van der Waals surface area contributed by atoms with Crippen LogP contribution in [0.2, 0.25) is 0 Å². The Hall–Kier alpha value is -0.120. The number of ether oxygens (including phenoxy) is 2. The second-order valence-electron chi connectivity index (χ2n) is 3.95. The molecule has 0 bridgehead atoms. The lowest BCUT2D eigenvalue weighted by atomic mass is 9.77. The Morgan fingerprint density at radius 2 is 2.25 bits per heavy atom. The largest absolute Gasteiger partial charge is 0.390 e. The van der Waals surface area contributed by atoms with Crippen molar-refractivity contribution in [1.82, 2.24) is 0 Å². The van der Waals surface area contributed by atoms with Gasteiger partial charge in [0.15, 0.2) is 0 Å². The first-order chi connectivity index (χ1) is 5.69. The van der Waals surface area contributed by atoms with Crippen LogP contribution in [-0.4, -0.2) is 36.6 Å². The fourth-order valence-corrected chi connectivity index (χ4v) is 2.28. The normalized spacial score (nSPS) is 52.8. The number of rotatable bonds is 1. The van der Waals surface area contributed by atoms with E-state index >= 15 is 0 Å². The van der Waals surface area contributed by atoms with Gasteiger partial charge in [-0.15, -0.1) is 0 Å². The Morgan fingerprint density at radius 3 is 2.75 bits per heavy atom. The number of hydrogen-bond donors (Lipinski definition) is 1. The van der Waals surface area contributed by atoms with Crippen molar-refractivity contribution in [3.05, 3.63) is 0 Å². The average molecular weight is 172 g/mol. The molecule has 0 amide bonds. The number of aliphatic hydroxyl groups excluding tert-OH is 1. The van der Waals surface area contributed by atoms with Gasteiger partial charge in [0.25, 0.3) is 0 Å². The van der Waals surface area contributed by atoms with E-state index in [0.29, 0.717) is 5.92 Å². The van der Waals surface area contributed by atoms with E-state index in [-0.39, 0.29) is 17.8 Å². The molecule has 1 aliphatic heterocycles. The van der Waals surface area contributed by atoms with Crippen LogP contribution in [-0.2, 0) is 9.47 Å². The van der Waals surface area contributed by atoms with Gasteiger partial charge in [0, 0.05) is 13.0 Å². The molecule has 3 nitrogen and oxygen atoms in total. The van der Waals surface area contributed by atoms with Crippen molar-refractivity contribution >= 4 is 0 Å². The zero-order chi connectivity index (χ0) is 8.77. The molecular weight excluding hydrogens is 156 g/mol. The van der Waals surface area contributed by atoms with E-state index in [1.807, 2.05) is 0 Å². The van der Waals surface area contributed by atoms with Crippen molar-refractivity contribution in [2.75, 3.05) is 13.7 Å². The zero-order valence-corrected chi connectivity index (χ0v) is 7.62. The van der Waals surface area contributed by atoms with Crippen LogP contribution in [0.15, 0.2) is 0 Å². The summed E-state index contributed by atoms with van der Waals surface area (Å²) in [7, 11) is 1.66. The fraction of sp³-hybridized carbons (Fsp3) is 1.00. The van der Waals surface area contributed by atoms with E-state index in [2.05, 4.69) is 6.92 Å². The van der Waals surface area contributed by atoms with Gasteiger partial charge in [-0.2, -0.15) is 0 Å². The lowest BCUT2D eigenvalue weighted by molar-refractivity contribution is -0.0903. The van der Waals surface area contributed by atoms with Gasteiger partial charge in [0.2, 0.25) is 0 Å². The summed E-state index contributed by atoms with van der Waals surface area (Å²) in [6, 6.07) is 0. The van der Waals surface area contributed by atoms with Gasteiger partial charge in [-0.3, -0.25) is 0 Å². The Kier molecular flexibility index (Phi) is 1.90. The van der Waals surface area contributed by atoms with E-state index in [1.165, 1.54) is 0 Å². The molecule has 4 atom stereocenters. The smallest absolute Gasteiger partial charge is 0.0968 e. The van der Waals surface area contributed by atoms with Gasteiger partial charge in [-0.25, -0.2) is 0 Å². The predicted octanol–water partition coefficient (Wildman–Crippen LogP) is 0.561. The van der Waals surface area contributed by atoms with Crippen molar-refractivity contribution in [2.45, 2.75) is 37.6 Å². The molecule has 0 aromatic carbocycles. The third-order valence-electron chi connectivity index (χ3n) is 3.35. The minimum atomic E-state index is -0.306. The second kappa shape index (κ2) is 2.69. The monoisotopic (exact) mass is 172 g/mol. The summed E-state index contributed by atoms with van der Waals surface area (Å²) in [6.07, 6.45) is 1.44. The fourth-order valence-electron chi connectivity index (χ4n) is 2.28. The predicted molar refractivity (Wildman–Crippen MR) is 43.9 cm³/mol. The minimum Gasteiger partial charge on any atom is -0.390 e. The summed E-state index contributed by atoms with van der Waals surface area (Å²) >= 11 is 0. The summed E-state index contributed by atoms with van der Waals surface area (Å²) in [5, 5.41) is 9.62. The maximum Gasteiger partial charge on any atom is 0.0968 e. The summed E-state index contributed by atoms with van der Waals surface area (Å²) in [5.41, 5.74) is 0.0555. The highest BCUT2D eigenvalue weighted by molar-refractivity contribution is 5.04. The molecule has 1 spiro atoms. The van der Waals surface area contributed by atoms with Gasteiger partial charge in [-0.05, 0) is 12.8 Å². The average Bonchev–Trinajstić information content (AvgIpc) is 2.81. The molecule has 12 heavy (non-hydrogen) atoms. The molecular formula is C9H16O3. The molecule has 70 valence electrons. The van der Waals surface area contributed by atoms with Crippen LogP contribution < -0.4 is 0 Å². The molecule has 0 aromatic heterocycles. The highest BCUT2D eigenvalue weighted by atomic mass is 16.6. The SMILES string of the molecule is CO[C@@H]1[C@H](O)CC[C@]2(CO2)[C@H]1C. The molecule has 0 unspecified atom stereocenters. The topological polar surface area (TPSA) is 42.0 Å². The lowest BCUT2D eigenvalue weighted by Gasteiger charge is -2.36. The van der Waals surface area contributed by atoms with Crippen molar-refractivity contribution in [3.8, 4) is 0 Å². The van der Waals surface area contributed by atoms with Crippen molar-refractivity contribution in [1.29, 1.82) is 0 Å². The Balaban J connectivity index is 2.09. The van der Waals surface area contributed by atoms with Crippen LogP contribution in [0.5, 0.6) is 0 Å². The van der Waals surface area contributed by atoms with Crippen molar-refractivity contribution < 1.29 is 14.6 Å². The Morgan fingerprint density at radius 1 is 1.58 bits per heavy atom. The van der Waals surface area contributed by atoms with Gasteiger partial charge >= 0.3 is 0 Å². The molecule has 3 heteroatoms. The molecule has 1 saturated heterocycles. The highest BCUT2D eigenvalue weighted by Gasteiger charge is 2.56. The number of methoxy groups -OCH3 is 1. The standard InChI is InChI=1S/C9H16O3/c1-6-8(11-2)7(10)3-4-9(6)5-12-9/h6-8,10H,3-5H2,1-2H3/t6-,7+,8-,9-/m0/s1. The molecule has 1 N–H and O–H groups in total. The molecule has 1 heterocycles. The van der Waals surface area contributed by atoms with E-state index in [4.69, 9.17) is 9.47 Å². The van der Waals surface area contributed by atoms with Crippen LogP contribution in [0.25, 0.3) is 0 Å². The number of aliphatic hydroxyl groups is 1. The number of epoxide rings is 1. The molecule has 2 rings (SSSR count). The van der Waals surface area contributed by atoms with Gasteiger partial charge in [0.05, 0.1) is 24.4 Å². The van der Waals surface area contributed by atoms with E-state index < -0.39 is 0 Å². The molecule has 0 aromatic rings. The van der Waals surface area contributed by atoms with E-state index in [9.17, 15) is 5.11 Å². The zero-order valence-electron chi connectivity index (χ0n) is 7.62. The molecule has 2 fully saturated rings. The first kappa shape index (κ1) is 8.48. The number of hydrogen-bond acceptors (Lipinski definition) is 3. The van der Waals surface area contributed by atoms with Crippen molar-refractivity contribution in [3.63, 3.8) is 0 Å². The summed E-state index contributed by atoms with van der Waals surface area (Å²) < 4.78 is 10.7. The maximum atomic E-state index is 9.62. The summed E-state index contributed by atoms with van der Waals surface area (Å²) in [6.45, 7) is 2.95. The highest BCUT2D eigenvalue weighted by Crippen LogP contribution is 2.46. The van der Waals surface area contributed by atoms with Gasteiger partial charge in [-0.1, -0.05) is 6.92 Å². The van der Waals surface area contributed by atoms with Crippen LogP contribution in [0.4, 0.5) is 0 Å². The third kappa shape index (κ3) is 1.08. The van der Waals surface area contributed by atoms with Crippen LogP contribution in [0.3, 0.4) is 0 Å². The first-order valence-electron chi connectivity index (χ1n) is 4.54. The van der Waals surface area contributed by atoms with Crippen molar-refractivity contribution in [2.24, 2.45) is 5.92 Å². The third-order valence-corrected chi connectivity index (χ3v) is 3.35. The second-order valence-corrected chi connectivity index (χ2v) is 3.95. The van der Waals surface area contributed by atoms with E-state index in [0.717, 1.165) is 19.4 Å². The summed E-state index contributed by atoms with van der Waals surface area (Å²) in [4.78, 5) is 0.